The largest absolute Gasteiger partial charge is 0.506 e. The fraction of sp³-hybridized carbons (Fsp3) is 0.371. The minimum atomic E-state index is -0.696. The number of hydrogen-bond acceptors (Lipinski definition) is 11. The summed E-state index contributed by atoms with van der Waals surface area (Å²) >= 11 is 6.34. The van der Waals surface area contributed by atoms with Crippen molar-refractivity contribution in [1.29, 1.82) is 0 Å². The smallest absolute Gasteiger partial charge is 0.407 e. The SMILES string of the molecule is CC(C)(C)OC(=O)N[C@@H]1C[C@H](NC(=O)OC(C)(C)C)CN(c2nc(Cl)nc(Nc3ccc(NC(=O)c4ccc5ccccc5c4O)cc3)n2)C1. The second kappa shape index (κ2) is 14.6. The number of nitrogens with zero attached hydrogens (tertiary/aromatic N) is 4. The van der Waals surface area contributed by atoms with E-state index in [9.17, 15) is 19.5 Å². The van der Waals surface area contributed by atoms with Crippen LogP contribution in [0.15, 0.2) is 60.7 Å². The van der Waals surface area contributed by atoms with E-state index in [1.165, 1.54) is 0 Å². The van der Waals surface area contributed by atoms with Gasteiger partial charge in [-0.1, -0.05) is 30.3 Å². The van der Waals surface area contributed by atoms with Crippen LogP contribution in [0.25, 0.3) is 10.8 Å². The molecule has 0 bridgehead atoms. The topological polar surface area (TPSA) is 180 Å². The molecule has 0 spiro atoms. The van der Waals surface area contributed by atoms with Crippen LogP contribution in [-0.4, -0.2) is 74.5 Å². The second-order valence-electron chi connectivity index (χ2n) is 13.9. The number of phenolic OH excluding ortho intramolecular Hbond substituents is 1. The van der Waals surface area contributed by atoms with Crippen molar-refractivity contribution in [2.24, 2.45) is 0 Å². The molecule has 2 atom stereocenters. The zero-order valence-corrected chi connectivity index (χ0v) is 29.5. The lowest BCUT2D eigenvalue weighted by Crippen LogP contribution is -2.58. The number of hydrogen-bond donors (Lipinski definition) is 5. The van der Waals surface area contributed by atoms with Crippen molar-refractivity contribution in [3.63, 3.8) is 0 Å². The van der Waals surface area contributed by atoms with E-state index in [1.54, 1.807) is 95.0 Å². The van der Waals surface area contributed by atoms with Crippen LogP contribution in [0.3, 0.4) is 0 Å². The summed E-state index contributed by atoms with van der Waals surface area (Å²) in [6, 6.07) is 16.6. The molecule has 1 saturated heterocycles. The summed E-state index contributed by atoms with van der Waals surface area (Å²) < 4.78 is 10.9. The van der Waals surface area contributed by atoms with Gasteiger partial charge in [-0.15, -0.1) is 0 Å². The Labute approximate surface area is 294 Å². The number of carbonyl (C=O) groups is 3. The van der Waals surface area contributed by atoms with E-state index in [1.807, 2.05) is 12.1 Å². The Morgan fingerprint density at radius 3 is 1.98 bits per heavy atom. The molecule has 5 N–H and O–H groups in total. The minimum Gasteiger partial charge on any atom is -0.506 e. The Balaban J connectivity index is 1.29. The number of aromatic nitrogens is 3. The number of fused-ring (bicyclic) bond motifs is 1. The van der Waals surface area contributed by atoms with Gasteiger partial charge >= 0.3 is 12.2 Å². The van der Waals surface area contributed by atoms with Gasteiger partial charge in [-0.05, 0) is 95.3 Å². The van der Waals surface area contributed by atoms with Gasteiger partial charge in [-0.2, -0.15) is 15.0 Å². The molecule has 1 aliphatic heterocycles. The maximum absolute atomic E-state index is 13.0. The third kappa shape index (κ3) is 9.84. The van der Waals surface area contributed by atoms with Crippen LogP contribution in [0, 0.1) is 0 Å². The normalized spacial score (nSPS) is 16.3. The fourth-order valence-corrected chi connectivity index (χ4v) is 5.52. The molecule has 14 nitrogen and oxygen atoms in total. The number of anilines is 4. The molecule has 0 radical (unpaired) electrons. The Kier molecular flexibility index (Phi) is 10.5. The average Bonchev–Trinajstić information content (AvgIpc) is 3.00. The first-order valence-corrected chi connectivity index (χ1v) is 16.4. The van der Waals surface area contributed by atoms with Crippen LogP contribution in [0.4, 0.5) is 32.9 Å². The van der Waals surface area contributed by atoms with E-state index in [-0.39, 0.29) is 28.5 Å². The molecule has 0 saturated carbocycles. The number of amides is 3. The molecule has 3 aromatic carbocycles. The van der Waals surface area contributed by atoms with Gasteiger partial charge in [0.1, 0.15) is 17.0 Å². The van der Waals surface area contributed by atoms with Gasteiger partial charge in [0.05, 0.1) is 17.6 Å². The van der Waals surface area contributed by atoms with Crippen molar-refractivity contribution >= 4 is 63.7 Å². The summed E-state index contributed by atoms with van der Waals surface area (Å²) in [7, 11) is 0. The van der Waals surface area contributed by atoms with Crippen molar-refractivity contribution in [3.8, 4) is 5.75 Å². The van der Waals surface area contributed by atoms with Crippen molar-refractivity contribution in [1.82, 2.24) is 25.6 Å². The van der Waals surface area contributed by atoms with Gasteiger partial charge < -0.3 is 40.7 Å². The molecule has 50 heavy (non-hydrogen) atoms. The number of rotatable bonds is 7. The standard InChI is InChI=1S/C35H41ClN8O6/c1-34(2,3)49-32(47)39-23-17-24(40-33(48)50-35(4,5)6)19-44(18-23)31-42-29(36)41-30(43-31)38-22-14-12-21(13-15-22)37-28(46)26-16-11-20-9-7-8-10-25(20)27(26)45/h7-16,23-24,45H,17-19H2,1-6H3,(H,37,46)(H,39,47)(H,40,48)(H,38,41,42,43)/t23-,24+. The van der Waals surface area contributed by atoms with E-state index >= 15 is 0 Å². The van der Waals surface area contributed by atoms with Crippen molar-refractivity contribution in [3.05, 3.63) is 71.5 Å². The highest BCUT2D eigenvalue weighted by Crippen LogP contribution is 2.29. The molecule has 0 aliphatic carbocycles. The Morgan fingerprint density at radius 2 is 1.38 bits per heavy atom. The third-order valence-electron chi connectivity index (χ3n) is 7.32. The number of nitrogens with one attached hydrogen (secondary N) is 4. The van der Waals surface area contributed by atoms with Crippen molar-refractivity contribution in [2.75, 3.05) is 28.6 Å². The van der Waals surface area contributed by atoms with Crippen molar-refractivity contribution < 1.29 is 29.0 Å². The monoisotopic (exact) mass is 704 g/mol. The lowest BCUT2D eigenvalue weighted by atomic mass is 10.0. The first kappa shape index (κ1) is 35.9. The van der Waals surface area contributed by atoms with Crippen LogP contribution in [-0.2, 0) is 9.47 Å². The fourth-order valence-electron chi connectivity index (χ4n) is 5.36. The number of halogens is 1. The molecule has 15 heteroatoms. The van der Waals surface area contributed by atoms with E-state index < -0.39 is 41.4 Å². The Hall–Kier alpha value is -5.37. The molecule has 1 aromatic heterocycles. The number of phenols is 1. The summed E-state index contributed by atoms with van der Waals surface area (Å²) in [5.74, 6) is -0.174. The van der Waals surface area contributed by atoms with Gasteiger partial charge in [-0.3, -0.25) is 4.79 Å². The number of alkyl carbamates (subject to hydrolysis) is 2. The zero-order chi connectivity index (χ0) is 36.2. The molecule has 1 fully saturated rings. The molecule has 4 aromatic rings. The highest BCUT2D eigenvalue weighted by Gasteiger charge is 2.33. The molecular formula is C35H41ClN8O6. The highest BCUT2D eigenvalue weighted by atomic mass is 35.5. The molecule has 1 aliphatic rings. The lowest BCUT2D eigenvalue weighted by Gasteiger charge is -2.38. The number of carbonyl (C=O) groups excluding carboxylic acids is 3. The first-order chi connectivity index (χ1) is 23.5. The Bertz CT molecular complexity index is 1840. The van der Waals surface area contributed by atoms with Gasteiger partial charge in [0.2, 0.25) is 17.2 Å². The average molecular weight is 705 g/mol. The minimum absolute atomic E-state index is 0.0737. The van der Waals surface area contributed by atoms with E-state index in [2.05, 4.69) is 36.2 Å². The summed E-state index contributed by atoms with van der Waals surface area (Å²) in [6.45, 7) is 11.2. The highest BCUT2D eigenvalue weighted by molar-refractivity contribution is 6.28. The summed E-state index contributed by atoms with van der Waals surface area (Å²) in [5, 5.41) is 23.7. The van der Waals surface area contributed by atoms with Gasteiger partial charge in [0, 0.05) is 29.9 Å². The van der Waals surface area contributed by atoms with Crippen LogP contribution in [0.5, 0.6) is 5.75 Å². The molecule has 5 rings (SSSR count). The van der Waals surface area contributed by atoms with Crippen LogP contribution in [0.1, 0.15) is 58.3 Å². The number of benzene rings is 3. The summed E-state index contributed by atoms with van der Waals surface area (Å²) in [6.07, 6.45) is -0.780. The number of aromatic hydroxyl groups is 1. The van der Waals surface area contributed by atoms with E-state index in [0.29, 0.717) is 36.3 Å². The molecule has 0 unspecified atom stereocenters. The van der Waals surface area contributed by atoms with Crippen molar-refractivity contribution in [2.45, 2.75) is 71.2 Å². The predicted molar refractivity (Wildman–Crippen MR) is 191 cm³/mol. The van der Waals surface area contributed by atoms with Crippen LogP contribution >= 0.6 is 11.6 Å². The summed E-state index contributed by atoms with van der Waals surface area (Å²) in [4.78, 5) is 53.1. The second-order valence-corrected chi connectivity index (χ2v) is 14.2. The molecular weight excluding hydrogens is 664 g/mol. The van der Waals surface area contributed by atoms with E-state index in [4.69, 9.17) is 21.1 Å². The molecule has 2 heterocycles. The van der Waals surface area contributed by atoms with Gasteiger partial charge in [0.15, 0.2) is 0 Å². The number of piperidine rings is 1. The summed E-state index contributed by atoms with van der Waals surface area (Å²) in [5.41, 5.74) is -0.138. The Morgan fingerprint density at radius 1 is 0.800 bits per heavy atom. The zero-order valence-electron chi connectivity index (χ0n) is 28.7. The quantitative estimate of drug-likeness (QED) is 0.144. The predicted octanol–water partition coefficient (Wildman–Crippen LogP) is 6.38. The van der Waals surface area contributed by atoms with Gasteiger partial charge in [-0.25, -0.2) is 9.59 Å². The maximum Gasteiger partial charge on any atom is 0.407 e. The maximum atomic E-state index is 13.0. The third-order valence-corrected chi connectivity index (χ3v) is 7.48. The van der Waals surface area contributed by atoms with Crippen LogP contribution < -0.4 is 26.2 Å². The lowest BCUT2D eigenvalue weighted by molar-refractivity contribution is 0.0475. The number of ether oxygens (including phenoxy) is 2. The van der Waals surface area contributed by atoms with Gasteiger partial charge in [0.25, 0.3) is 5.91 Å². The molecule has 264 valence electrons. The molecule has 3 amide bonds. The van der Waals surface area contributed by atoms with E-state index in [0.717, 1.165) is 5.39 Å². The van der Waals surface area contributed by atoms with Crippen LogP contribution in [0.2, 0.25) is 5.28 Å². The first-order valence-electron chi connectivity index (χ1n) is 16.1.